The fourth-order valence-electron chi connectivity index (χ4n) is 2.07. The second-order valence-electron chi connectivity index (χ2n) is 4.33. The molecule has 20 heavy (non-hydrogen) atoms. The average Bonchev–Trinajstić information content (AvgIpc) is 2.73. The van der Waals surface area contributed by atoms with Crippen LogP contribution in [0, 0.1) is 11.6 Å². The van der Waals surface area contributed by atoms with Gasteiger partial charge in [0.15, 0.2) is 11.6 Å². The Morgan fingerprint density at radius 3 is 2.85 bits per heavy atom. The van der Waals surface area contributed by atoms with E-state index in [-0.39, 0.29) is 11.4 Å². The van der Waals surface area contributed by atoms with Crippen molar-refractivity contribution in [3.63, 3.8) is 0 Å². The number of hydrogen-bond donors (Lipinski definition) is 1. The Balaban J connectivity index is 2.43. The average molecular weight is 302 g/mol. The van der Waals surface area contributed by atoms with Crippen molar-refractivity contribution in [1.29, 1.82) is 0 Å². The maximum absolute atomic E-state index is 13.9. The number of aromatic nitrogens is 2. The zero-order valence-electron chi connectivity index (χ0n) is 10.9. The van der Waals surface area contributed by atoms with E-state index < -0.39 is 11.6 Å². The first-order valence-corrected chi connectivity index (χ1v) is 6.71. The lowest BCUT2D eigenvalue weighted by molar-refractivity contribution is -0.118. The molecule has 2 rings (SSSR count). The van der Waals surface area contributed by atoms with E-state index in [1.54, 1.807) is 4.57 Å². The first-order chi connectivity index (χ1) is 9.54. The number of alkyl halides is 1. The highest BCUT2D eigenvalue weighted by atomic mass is 35.5. The highest BCUT2D eigenvalue weighted by Crippen LogP contribution is 2.22. The predicted octanol–water partition coefficient (Wildman–Crippen LogP) is 2.23. The van der Waals surface area contributed by atoms with Gasteiger partial charge >= 0.3 is 0 Å². The number of aryl methyl sites for hydroxylation is 1. The smallest absolute Gasteiger partial charge is 0.216 e. The van der Waals surface area contributed by atoms with E-state index in [1.807, 2.05) is 0 Å². The number of carbonyl (C=O) groups excluding carboxylic acids is 1. The third-order valence-electron chi connectivity index (χ3n) is 2.91. The van der Waals surface area contributed by atoms with Gasteiger partial charge in [0.25, 0.3) is 0 Å². The lowest BCUT2D eigenvalue weighted by Crippen LogP contribution is -2.25. The number of fused-ring (bicyclic) bond motifs is 1. The molecule has 0 radical (unpaired) electrons. The third-order valence-corrected chi connectivity index (χ3v) is 3.10. The molecule has 0 fully saturated rings. The van der Waals surface area contributed by atoms with Crippen LogP contribution in [0.1, 0.15) is 12.7 Å². The minimum Gasteiger partial charge on any atom is -0.355 e. The van der Waals surface area contributed by atoms with Crippen LogP contribution in [-0.4, -0.2) is 27.9 Å². The number of rotatable bonds is 5. The molecule has 0 saturated carbocycles. The molecule has 0 bridgehead atoms. The van der Waals surface area contributed by atoms with Crippen LogP contribution in [0.15, 0.2) is 12.1 Å². The maximum Gasteiger partial charge on any atom is 0.216 e. The van der Waals surface area contributed by atoms with Crippen LogP contribution < -0.4 is 5.32 Å². The fourth-order valence-corrected chi connectivity index (χ4v) is 2.23. The molecule has 7 heteroatoms. The van der Waals surface area contributed by atoms with Gasteiger partial charge in [-0.05, 0) is 12.1 Å². The van der Waals surface area contributed by atoms with Crippen molar-refractivity contribution in [3.05, 3.63) is 29.6 Å². The molecule has 4 nitrogen and oxygen atoms in total. The highest BCUT2D eigenvalue weighted by Gasteiger charge is 2.16. The summed E-state index contributed by atoms with van der Waals surface area (Å²) in [5, 5.41) is 2.62. The van der Waals surface area contributed by atoms with Gasteiger partial charge in [-0.1, -0.05) is 0 Å². The molecule has 0 saturated heterocycles. The van der Waals surface area contributed by atoms with Gasteiger partial charge < -0.3 is 9.88 Å². The Morgan fingerprint density at radius 1 is 1.45 bits per heavy atom. The number of imidazole rings is 1. The second-order valence-corrected chi connectivity index (χ2v) is 4.71. The van der Waals surface area contributed by atoms with E-state index in [9.17, 15) is 13.6 Å². The molecular weight excluding hydrogens is 288 g/mol. The first kappa shape index (κ1) is 14.7. The summed E-state index contributed by atoms with van der Waals surface area (Å²) in [4.78, 5) is 15.1. The lowest BCUT2D eigenvalue weighted by atomic mass is 10.3. The molecule has 0 unspecified atom stereocenters. The standard InChI is InChI=1S/C13H14ClF2N3O/c1-8(20)17-6-7-19-11(4-5-14)18-10-3-2-9(15)12(16)13(10)19/h2-3H,4-7H2,1H3,(H,17,20). The molecule has 108 valence electrons. The zero-order chi connectivity index (χ0) is 14.7. The van der Waals surface area contributed by atoms with Gasteiger partial charge in [0.2, 0.25) is 5.91 Å². The largest absolute Gasteiger partial charge is 0.355 e. The van der Waals surface area contributed by atoms with Crippen LogP contribution in [-0.2, 0) is 17.8 Å². The van der Waals surface area contributed by atoms with Crippen LogP contribution in [0.3, 0.4) is 0 Å². The maximum atomic E-state index is 13.9. The van der Waals surface area contributed by atoms with E-state index in [2.05, 4.69) is 10.3 Å². The molecular formula is C13H14ClF2N3O. The SMILES string of the molecule is CC(=O)NCCn1c(CCCl)nc2ccc(F)c(F)c21. The molecule has 1 heterocycles. The fraction of sp³-hybridized carbons (Fsp3) is 0.385. The molecule has 1 amide bonds. The molecule has 1 N–H and O–H groups in total. The molecule has 0 atom stereocenters. The molecule has 2 aromatic rings. The van der Waals surface area contributed by atoms with Gasteiger partial charge in [0.1, 0.15) is 11.3 Å². The number of nitrogens with zero attached hydrogens (tertiary/aromatic N) is 2. The van der Waals surface area contributed by atoms with Crippen molar-refractivity contribution in [2.75, 3.05) is 12.4 Å². The molecule has 0 spiro atoms. The Morgan fingerprint density at radius 2 is 2.20 bits per heavy atom. The Bertz CT molecular complexity index is 642. The highest BCUT2D eigenvalue weighted by molar-refractivity contribution is 6.17. The number of hydrogen-bond acceptors (Lipinski definition) is 2. The Labute approximate surface area is 119 Å². The summed E-state index contributed by atoms with van der Waals surface area (Å²) >= 11 is 5.70. The summed E-state index contributed by atoms with van der Waals surface area (Å²) in [6, 6.07) is 2.48. The number of amides is 1. The molecule has 1 aromatic carbocycles. The van der Waals surface area contributed by atoms with Crippen molar-refractivity contribution >= 4 is 28.5 Å². The minimum atomic E-state index is -0.932. The summed E-state index contributed by atoms with van der Waals surface area (Å²) < 4.78 is 28.9. The minimum absolute atomic E-state index is 0.107. The lowest BCUT2D eigenvalue weighted by Gasteiger charge is -2.09. The second kappa shape index (κ2) is 6.17. The van der Waals surface area contributed by atoms with Gasteiger partial charge in [-0.3, -0.25) is 4.79 Å². The van der Waals surface area contributed by atoms with Crippen LogP contribution in [0.4, 0.5) is 8.78 Å². The number of nitrogens with one attached hydrogen (secondary N) is 1. The van der Waals surface area contributed by atoms with E-state index in [0.717, 1.165) is 6.07 Å². The molecule has 0 aliphatic carbocycles. The van der Waals surface area contributed by atoms with Crippen LogP contribution in [0.25, 0.3) is 11.0 Å². The molecule has 1 aromatic heterocycles. The zero-order valence-corrected chi connectivity index (χ0v) is 11.7. The predicted molar refractivity (Wildman–Crippen MR) is 72.8 cm³/mol. The molecule has 0 aliphatic rings. The molecule has 0 aliphatic heterocycles. The van der Waals surface area contributed by atoms with Crippen molar-refractivity contribution in [3.8, 4) is 0 Å². The summed E-state index contributed by atoms with van der Waals surface area (Å²) in [7, 11) is 0. The summed E-state index contributed by atoms with van der Waals surface area (Å²) in [5.41, 5.74) is 0.488. The van der Waals surface area contributed by atoms with Gasteiger partial charge in [-0.2, -0.15) is 0 Å². The van der Waals surface area contributed by atoms with Gasteiger partial charge in [-0.25, -0.2) is 13.8 Å². The van der Waals surface area contributed by atoms with E-state index in [0.29, 0.717) is 36.7 Å². The Kier molecular flexibility index (Phi) is 4.54. The summed E-state index contributed by atoms with van der Waals surface area (Å²) in [5.74, 6) is -1.13. The van der Waals surface area contributed by atoms with E-state index in [1.165, 1.54) is 13.0 Å². The summed E-state index contributed by atoms with van der Waals surface area (Å²) in [6.45, 7) is 2.01. The van der Waals surface area contributed by atoms with Crippen LogP contribution in [0.2, 0.25) is 0 Å². The third kappa shape index (κ3) is 2.90. The normalized spacial score (nSPS) is 11.0. The van der Waals surface area contributed by atoms with Gasteiger partial charge in [-0.15, -0.1) is 11.6 Å². The van der Waals surface area contributed by atoms with Gasteiger partial charge in [0.05, 0.1) is 5.52 Å². The van der Waals surface area contributed by atoms with Crippen molar-refractivity contribution in [1.82, 2.24) is 14.9 Å². The van der Waals surface area contributed by atoms with Crippen molar-refractivity contribution in [2.24, 2.45) is 0 Å². The topological polar surface area (TPSA) is 46.9 Å². The quantitative estimate of drug-likeness (QED) is 0.861. The first-order valence-electron chi connectivity index (χ1n) is 6.18. The summed E-state index contributed by atoms with van der Waals surface area (Å²) in [6.07, 6.45) is 0.442. The number of benzene rings is 1. The number of carbonyl (C=O) groups is 1. The van der Waals surface area contributed by atoms with Crippen LogP contribution >= 0.6 is 11.6 Å². The van der Waals surface area contributed by atoms with E-state index in [4.69, 9.17) is 11.6 Å². The monoisotopic (exact) mass is 301 g/mol. The van der Waals surface area contributed by atoms with Gasteiger partial charge in [0, 0.05) is 32.3 Å². The number of halogens is 3. The van der Waals surface area contributed by atoms with Crippen LogP contribution in [0.5, 0.6) is 0 Å². The Hall–Kier alpha value is -1.69. The van der Waals surface area contributed by atoms with Crippen molar-refractivity contribution in [2.45, 2.75) is 19.9 Å². The van der Waals surface area contributed by atoms with Crippen molar-refractivity contribution < 1.29 is 13.6 Å². The van der Waals surface area contributed by atoms with E-state index >= 15 is 0 Å².